The first-order valence-corrected chi connectivity index (χ1v) is 6.32. The van der Waals surface area contributed by atoms with Gasteiger partial charge in [-0.2, -0.15) is 0 Å². The van der Waals surface area contributed by atoms with Crippen molar-refractivity contribution in [3.05, 3.63) is 12.2 Å². The zero-order valence-electron chi connectivity index (χ0n) is 9.29. The Morgan fingerprint density at radius 2 is 2.00 bits per heavy atom. The van der Waals surface area contributed by atoms with Gasteiger partial charge in [0.15, 0.2) is 0 Å². The van der Waals surface area contributed by atoms with Crippen molar-refractivity contribution in [1.82, 2.24) is 0 Å². The molecule has 6 atom stereocenters. The van der Waals surface area contributed by atoms with Crippen LogP contribution in [0.2, 0.25) is 0 Å². The molecule has 0 N–H and O–H groups in total. The van der Waals surface area contributed by atoms with Gasteiger partial charge in [0.05, 0.1) is 0 Å². The molecule has 0 aromatic carbocycles. The van der Waals surface area contributed by atoms with Crippen LogP contribution in [0, 0.1) is 34.5 Å². The molecule has 4 aliphatic carbocycles. The van der Waals surface area contributed by atoms with Crippen LogP contribution in [0.25, 0.3) is 0 Å². The Labute approximate surface area is 86.8 Å². The minimum absolute atomic E-state index is 0.609. The second-order valence-corrected chi connectivity index (χ2v) is 6.94. The van der Waals surface area contributed by atoms with Gasteiger partial charge in [0.25, 0.3) is 0 Å². The number of rotatable bonds is 0. The quantitative estimate of drug-likeness (QED) is 0.402. The normalized spacial score (nSPS) is 67.9. The highest BCUT2D eigenvalue weighted by Gasteiger charge is 2.66. The summed E-state index contributed by atoms with van der Waals surface area (Å²) in [6.07, 6.45) is 11.2. The van der Waals surface area contributed by atoms with Gasteiger partial charge in [-0.15, -0.1) is 0 Å². The molecule has 3 fully saturated rings. The summed E-state index contributed by atoms with van der Waals surface area (Å²) >= 11 is 0. The van der Waals surface area contributed by atoms with Gasteiger partial charge < -0.3 is 0 Å². The fourth-order valence-corrected chi connectivity index (χ4v) is 5.87. The molecule has 14 heavy (non-hydrogen) atoms. The molecular formula is C14H20. The third-order valence-electron chi connectivity index (χ3n) is 6.14. The summed E-state index contributed by atoms with van der Waals surface area (Å²) in [5, 5.41) is 0. The zero-order valence-corrected chi connectivity index (χ0v) is 9.29. The standard InChI is InChI=1S/C14H20/c1-13-5-3-9(7-13)12-11(13)10-4-6-14(12,2)8-10/h3,5,9-12H,4,6-8H2,1-2H3/t9?,10?,11?,12-,13?,14?/m1/s1. The predicted octanol–water partition coefficient (Wildman–Crippen LogP) is 3.63. The molecule has 3 saturated carbocycles. The van der Waals surface area contributed by atoms with E-state index in [0.717, 1.165) is 29.1 Å². The Kier molecular flexibility index (Phi) is 1.13. The van der Waals surface area contributed by atoms with Crippen molar-refractivity contribution in [3.8, 4) is 0 Å². The van der Waals surface area contributed by atoms with Crippen LogP contribution in [0.4, 0.5) is 0 Å². The Balaban J connectivity index is 1.87. The Morgan fingerprint density at radius 3 is 2.79 bits per heavy atom. The van der Waals surface area contributed by atoms with Gasteiger partial charge in [-0.1, -0.05) is 26.0 Å². The summed E-state index contributed by atoms with van der Waals surface area (Å²) < 4.78 is 0. The molecule has 4 aliphatic rings. The number of hydrogen-bond acceptors (Lipinski definition) is 0. The lowest BCUT2D eigenvalue weighted by Gasteiger charge is -2.41. The smallest absolute Gasteiger partial charge is 0.0107 e. The summed E-state index contributed by atoms with van der Waals surface area (Å²) in [5.74, 6) is 4.18. The summed E-state index contributed by atoms with van der Waals surface area (Å²) in [6, 6.07) is 0. The van der Waals surface area contributed by atoms with Crippen molar-refractivity contribution in [2.45, 2.75) is 39.5 Å². The third kappa shape index (κ3) is 0.647. The summed E-state index contributed by atoms with van der Waals surface area (Å²) in [6.45, 7) is 5.10. The largest absolute Gasteiger partial charge is 0.0845 e. The van der Waals surface area contributed by atoms with Crippen LogP contribution in [0.3, 0.4) is 0 Å². The summed E-state index contributed by atoms with van der Waals surface area (Å²) in [4.78, 5) is 0. The monoisotopic (exact) mass is 188 g/mol. The maximum Gasteiger partial charge on any atom is -0.0107 e. The van der Waals surface area contributed by atoms with Crippen molar-refractivity contribution in [1.29, 1.82) is 0 Å². The van der Waals surface area contributed by atoms with Gasteiger partial charge in [-0.25, -0.2) is 0 Å². The molecule has 76 valence electrons. The van der Waals surface area contributed by atoms with Crippen molar-refractivity contribution in [2.75, 3.05) is 0 Å². The van der Waals surface area contributed by atoms with Crippen LogP contribution >= 0.6 is 0 Å². The maximum atomic E-state index is 2.58. The van der Waals surface area contributed by atoms with Crippen LogP contribution < -0.4 is 0 Å². The van der Waals surface area contributed by atoms with Crippen molar-refractivity contribution in [2.24, 2.45) is 34.5 Å². The van der Waals surface area contributed by atoms with E-state index in [9.17, 15) is 0 Å². The van der Waals surface area contributed by atoms with Crippen LogP contribution in [0.1, 0.15) is 39.5 Å². The molecule has 5 unspecified atom stereocenters. The molecule has 0 aliphatic heterocycles. The average Bonchev–Trinajstić information content (AvgIpc) is 2.78. The fraction of sp³-hybridized carbons (Fsp3) is 0.857. The minimum atomic E-state index is 0.609. The van der Waals surface area contributed by atoms with Gasteiger partial charge in [-0.05, 0) is 60.2 Å². The molecule has 0 saturated heterocycles. The topological polar surface area (TPSA) is 0 Å². The van der Waals surface area contributed by atoms with Gasteiger partial charge in [0.1, 0.15) is 0 Å². The van der Waals surface area contributed by atoms with E-state index in [2.05, 4.69) is 26.0 Å². The molecule has 0 spiro atoms. The molecule has 4 bridgehead atoms. The summed E-state index contributed by atoms with van der Waals surface area (Å²) in [7, 11) is 0. The average molecular weight is 188 g/mol. The van der Waals surface area contributed by atoms with Gasteiger partial charge in [0.2, 0.25) is 0 Å². The van der Waals surface area contributed by atoms with Crippen molar-refractivity contribution in [3.63, 3.8) is 0 Å². The molecule has 0 heteroatoms. The Bertz CT molecular complexity index is 329. The molecule has 0 heterocycles. The zero-order chi connectivity index (χ0) is 9.55. The second-order valence-electron chi connectivity index (χ2n) is 6.94. The highest BCUT2D eigenvalue weighted by molar-refractivity contribution is 5.26. The van der Waals surface area contributed by atoms with Gasteiger partial charge >= 0.3 is 0 Å². The lowest BCUT2D eigenvalue weighted by molar-refractivity contribution is 0.109. The molecule has 0 nitrogen and oxygen atoms in total. The van der Waals surface area contributed by atoms with Crippen LogP contribution in [-0.4, -0.2) is 0 Å². The minimum Gasteiger partial charge on any atom is -0.0845 e. The van der Waals surface area contributed by atoms with E-state index in [-0.39, 0.29) is 0 Å². The lowest BCUT2D eigenvalue weighted by Crippen LogP contribution is -2.34. The van der Waals surface area contributed by atoms with E-state index in [1.807, 2.05) is 0 Å². The molecule has 0 aromatic heterocycles. The predicted molar refractivity (Wildman–Crippen MR) is 57.8 cm³/mol. The summed E-state index contributed by atoms with van der Waals surface area (Å²) in [5.41, 5.74) is 1.35. The van der Waals surface area contributed by atoms with Crippen LogP contribution in [0.5, 0.6) is 0 Å². The first-order valence-electron chi connectivity index (χ1n) is 6.32. The molecule has 0 aromatic rings. The van der Waals surface area contributed by atoms with Crippen molar-refractivity contribution >= 4 is 0 Å². The van der Waals surface area contributed by atoms with Crippen LogP contribution in [0.15, 0.2) is 12.2 Å². The SMILES string of the molecule is CC12C=CC(C1)[C@@H]1C2C2CCC1(C)C2. The lowest BCUT2D eigenvalue weighted by atomic mass is 9.64. The molecular weight excluding hydrogens is 168 g/mol. The van der Waals surface area contributed by atoms with Gasteiger partial charge in [0, 0.05) is 0 Å². The molecule has 4 rings (SSSR count). The van der Waals surface area contributed by atoms with E-state index in [0.29, 0.717) is 5.41 Å². The number of hydrogen-bond donors (Lipinski definition) is 0. The van der Waals surface area contributed by atoms with E-state index < -0.39 is 0 Å². The van der Waals surface area contributed by atoms with E-state index in [4.69, 9.17) is 0 Å². The first-order chi connectivity index (χ1) is 6.62. The fourth-order valence-electron chi connectivity index (χ4n) is 5.87. The second kappa shape index (κ2) is 1.99. The van der Waals surface area contributed by atoms with Crippen LogP contribution in [-0.2, 0) is 0 Å². The number of allylic oxidation sites excluding steroid dienone is 2. The Hall–Kier alpha value is -0.260. The number of fused-ring (bicyclic) bond motifs is 9. The Morgan fingerprint density at radius 1 is 1.14 bits per heavy atom. The first kappa shape index (κ1) is 7.96. The van der Waals surface area contributed by atoms with E-state index in [1.165, 1.54) is 19.3 Å². The van der Waals surface area contributed by atoms with E-state index >= 15 is 0 Å². The van der Waals surface area contributed by atoms with Gasteiger partial charge in [-0.3, -0.25) is 0 Å². The highest BCUT2D eigenvalue weighted by atomic mass is 14.7. The van der Waals surface area contributed by atoms with E-state index in [1.54, 1.807) is 6.42 Å². The van der Waals surface area contributed by atoms with Crippen molar-refractivity contribution < 1.29 is 0 Å². The maximum absolute atomic E-state index is 2.58. The molecule has 0 amide bonds. The third-order valence-corrected chi connectivity index (χ3v) is 6.14. The highest BCUT2D eigenvalue weighted by Crippen LogP contribution is 2.74. The molecule has 0 radical (unpaired) electrons.